The summed E-state index contributed by atoms with van der Waals surface area (Å²) in [6.07, 6.45) is 1.64. The molecule has 0 spiro atoms. The van der Waals surface area contributed by atoms with Gasteiger partial charge < -0.3 is 10.5 Å². The molecule has 0 atom stereocenters. The predicted molar refractivity (Wildman–Crippen MR) is 65.7 cm³/mol. The van der Waals surface area contributed by atoms with Crippen LogP contribution in [0.5, 0.6) is 0 Å². The largest absolute Gasteiger partial charge is 0.462 e. The van der Waals surface area contributed by atoms with E-state index in [0.717, 1.165) is 11.3 Å². The van der Waals surface area contributed by atoms with E-state index in [1.165, 1.54) is 0 Å². The van der Waals surface area contributed by atoms with Crippen molar-refractivity contribution in [3.63, 3.8) is 0 Å². The third-order valence-electron chi connectivity index (χ3n) is 2.01. The summed E-state index contributed by atoms with van der Waals surface area (Å²) in [4.78, 5) is 20.4. The number of thiazole rings is 1. The van der Waals surface area contributed by atoms with E-state index in [9.17, 15) is 4.79 Å². The van der Waals surface area contributed by atoms with Gasteiger partial charge >= 0.3 is 5.97 Å². The van der Waals surface area contributed by atoms with Gasteiger partial charge in [-0.15, -0.1) is 0 Å². The minimum Gasteiger partial charge on any atom is -0.462 e. The third-order valence-corrected chi connectivity index (χ3v) is 2.88. The number of hydrogen-bond acceptors (Lipinski definition) is 6. The minimum atomic E-state index is -0.414. The van der Waals surface area contributed by atoms with Crippen molar-refractivity contribution >= 4 is 22.4 Å². The van der Waals surface area contributed by atoms with Crippen molar-refractivity contribution < 1.29 is 9.53 Å². The Balaban J connectivity index is 2.44. The molecule has 6 heteroatoms. The van der Waals surface area contributed by atoms with Crippen molar-refractivity contribution in [1.29, 1.82) is 0 Å². The molecule has 0 aliphatic heterocycles. The molecule has 0 unspecified atom stereocenters. The van der Waals surface area contributed by atoms with E-state index >= 15 is 0 Å². The molecule has 0 bridgehead atoms. The van der Waals surface area contributed by atoms with Crippen LogP contribution in [0.1, 0.15) is 16.6 Å². The van der Waals surface area contributed by atoms with Gasteiger partial charge in [0, 0.05) is 6.20 Å². The molecule has 0 radical (unpaired) electrons. The van der Waals surface area contributed by atoms with Crippen LogP contribution in [0.3, 0.4) is 0 Å². The van der Waals surface area contributed by atoms with Gasteiger partial charge in [0.1, 0.15) is 10.6 Å². The average molecular weight is 249 g/mol. The van der Waals surface area contributed by atoms with Gasteiger partial charge in [-0.05, 0) is 19.1 Å². The van der Waals surface area contributed by atoms with Crippen molar-refractivity contribution in [2.75, 3.05) is 12.3 Å². The maximum atomic E-state index is 11.7. The van der Waals surface area contributed by atoms with E-state index in [0.29, 0.717) is 28.0 Å². The van der Waals surface area contributed by atoms with E-state index in [4.69, 9.17) is 10.5 Å². The van der Waals surface area contributed by atoms with Crippen molar-refractivity contribution in [3.05, 3.63) is 29.3 Å². The van der Waals surface area contributed by atoms with Crippen LogP contribution < -0.4 is 5.73 Å². The van der Waals surface area contributed by atoms with Crippen LogP contribution in [-0.2, 0) is 4.74 Å². The second-order valence-electron chi connectivity index (χ2n) is 3.17. The Labute approximate surface area is 102 Å². The molecule has 17 heavy (non-hydrogen) atoms. The number of rotatable bonds is 3. The summed E-state index contributed by atoms with van der Waals surface area (Å²) in [5.74, 6) is -0.414. The van der Waals surface area contributed by atoms with Crippen LogP contribution in [-0.4, -0.2) is 22.5 Å². The van der Waals surface area contributed by atoms with Gasteiger partial charge in [-0.1, -0.05) is 17.4 Å². The fourth-order valence-electron chi connectivity index (χ4n) is 1.35. The highest BCUT2D eigenvalue weighted by molar-refractivity contribution is 7.17. The monoisotopic (exact) mass is 249 g/mol. The van der Waals surface area contributed by atoms with Crippen LogP contribution in [0.4, 0.5) is 5.13 Å². The number of esters is 1. The number of anilines is 1. The Morgan fingerprint density at radius 3 is 3.00 bits per heavy atom. The highest BCUT2D eigenvalue weighted by atomic mass is 32.1. The molecule has 0 aromatic carbocycles. The van der Waals surface area contributed by atoms with Crippen molar-refractivity contribution in [2.45, 2.75) is 6.92 Å². The molecule has 0 aliphatic rings. The first kappa shape index (κ1) is 11.5. The topological polar surface area (TPSA) is 78.1 Å². The van der Waals surface area contributed by atoms with E-state index in [1.807, 2.05) is 6.07 Å². The molecule has 0 saturated carbocycles. The first-order valence-corrected chi connectivity index (χ1v) is 5.89. The summed E-state index contributed by atoms with van der Waals surface area (Å²) in [5, 5.41) is 0.328. The van der Waals surface area contributed by atoms with E-state index in [-0.39, 0.29) is 0 Å². The van der Waals surface area contributed by atoms with Gasteiger partial charge in [-0.25, -0.2) is 9.78 Å². The van der Waals surface area contributed by atoms with Gasteiger partial charge in [0.25, 0.3) is 0 Å². The molecular weight excluding hydrogens is 238 g/mol. The third kappa shape index (κ3) is 2.42. The van der Waals surface area contributed by atoms with E-state index in [1.54, 1.807) is 25.3 Å². The maximum absolute atomic E-state index is 11.7. The second-order valence-corrected chi connectivity index (χ2v) is 4.20. The first-order valence-electron chi connectivity index (χ1n) is 5.07. The molecule has 88 valence electrons. The zero-order valence-corrected chi connectivity index (χ0v) is 10.0. The van der Waals surface area contributed by atoms with Gasteiger partial charge in [0.2, 0.25) is 0 Å². The van der Waals surface area contributed by atoms with Gasteiger partial charge in [-0.2, -0.15) is 0 Å². The van der Waals surface area contributed by atoms with Crippen LogP contribution in [0.2, 0.25) is 0 Å². The van der Waals surface area contributed by atoms with Gasteiger partial charge in [0.15, 0.2) is 5.13 Å². The molecule has 0 amide bonds. The normalized spacial score (nSPS) is 10.2. The molecule has 0 fully saturated rings. The smallest absolute Gasteiger partial charge is 0.350 e. The number of carbonyl (C=O) groups excluding carboxylic acids is 1. The summed E-state index contributed by atoms with van der Waals surface area (Å²) in [7, 11) is 0. The standard InChI is InChI=1S/C11H11N3O2S/c1-2-16-10(15)9-8(14-11(12)17-9)7-5-3-4-6-13-7/h3-6H,2H2,1H3,(H2,12,14). The number of pyridine rings is 1. The number of nitrogens with zero attached hydrogens (tertiary/aromatic N) is 2. The highest BCUT2D eigenvalue weighted by Crippen LogP contribution is 2.28. The number of aromatic nitrogens is 2. The Bertz CT molecular complexity index is 525. The Hall–Kier alpha value is -1.95. The van der Waals surface area contributed by atoms with Gasteiger partial charge in [-0.3, -0.25) is 4.98 Å². The van der Waals surface area contributed by atoms with Crippen molar-refractivity contribution in [1.82, 2.24) is 9.97 Å². The highest BCUT2D eigenvalue weighted by Gasteiger charge is 2.20. The number of carbonyl (C=O) groups is 1. The number of nitrogen functional groups attached to an aromatic ring is 1. The molecular formula is C11H11N3O2S. The fraction of sp³-hybridized carbons (Fsp3) is 0.182. The molecule has 0 aliphatic carbocycles. The zero-order chi connectivity index (χ0) is 12.3. The predicted octanol–water partition coefficient (Wildman–Crippen LogP) is 1.96. The van der Waals surface area contributed by atoms with Crippen LogP contribution >= 0.6 is 11.3 Å². The Morgan fingerprint density at radius 1 is 1.53 bits per heavy atom. The lowest BCUT2D eigenvalue weighted by molar-refractivity contribution is 0.0532. The van der Waals surface area contributed by atoms with E-state index in [2.05, 4.69) is 9.97 Å². The summed E-state index contributed by atoms with van der Waals surface area (Å²) < 4.78 is 4.95. The summed E-state index contributed by atoms with van der Waals surface area (Å²) in [6.45, 7) is 2.07. The Kier molecular flexibility index (Phi) is 3.34. The zero-order valence-electron chi connectivity index (χ0n) is 9.21. The minimum absolute atomic E-state index is 0.318. The number of hydrogen-bond donors (Lipinski definition) is 1. The lowest BCUT2D eigenvalue weighted by Gasteiger charge is -2.01. The second kappa shape index (κ2) is 4.92. The molecule has 5 nitrogen and oxygen atoms in total. The lowest BCUT2D eigenvalue weighted by atomic mass is 10.2. The number of ether oxygens (including phenoxy) is 1. The van der Waals surface area contributed by atoms with Crippen LogP contribution in [0, 0.1) is 0 Å². The van der Waals surface area contributed by atoms with Gasteiger partial charge in [0.05, 0.1) is 12.3 Å². The quantitative estimate of drug-likeness (QED) is 0.841. The van der Waals surface area contributed by atoms with Crippen molar-refractivity contribution in [3.8, 4) is 11.4 Å². The molecule has 2 aromatic heterocycles. The molecule has 0 saturated heterocycles. The fourth-order valence-corrected chi connectivity index (χ4v) is 2.08. The molecule has 2 N–H and O–H groups in total. The first-order chi connectivity index (χ1) is 8.22. The van der Waals surface area contributed by atoms with Crippen LogP contribution in [0.15, 0.2) is 24.4 Å². The molecule has 2 aromatic rings. The maximum Gasteiger partial charge on any atom is 0.350 e. The van der Waals surface area contributed by atoms with E-state index < -0.39 is 5.97 Å². The van der Waals surface area contributed by atoms with Crippen molar-refractivity contribution in [2.24, 2.45) is 0 Å². The summed E-state index contributed by atoms with van der Waals surface area (Å²) in [6, 6.07) is 5.40. The lowest BCUT2D eigenvalue weighted by Crippen LogP contribution is -2.04. The summed E-state index contributed by atoms with van der Waals surface area (Å²) >= 11 is 1.11. The molecule has 2 rings (SSSR count). The average Bonchev–Trinajstić information content (AvgIpc) is 2.73. The molecule has 2 heterocycles. The SMILES string of the molecule is CCOC(=O)c1sc(N)nc1-c1ccccn1. The number of nitrogens with two attached hydrogens (primary N) is 1. The Morgan fingerprint density at radius 2 is 2.35 bits per heavy atom. The van der Waals surface area contributed by atoms with Crippen LogP contribution in [0.25, 0.3) is 11.4 Å². The summed E-state index contributed by atoms with van der Waals surface area (Å²) in [5.41, 5.74) is 6.72.